The van der Waals surface area contributed by atoms with Crippen LogP contribution in [0.1, 0.15) is 110 Å². The summed E-state index contributed by atoms with van der Waals surface area (Å²) in [6, 6.07) is -5.79. The number of carbonyl (C=O) groups is 9. The fourth-order valence-corrected chi connectivity index (χ4v) is 9.03. The summed E-state index contributed by atoms with van der Waals surface area (Å²) in [5.74, 6) is -8.23. The number of amides is 8. The molecule has 1 fully saturated rings. The molecule has 3 heterocycles. The summed E-state index contributed by atoms with van der Waals surface area (Å²) in [7, 11) is 0. The van der Waals surface area contributed by atoms with Crippen LogP contribution in [0.4, 0.5) is 0 Å². The largest absolute Gasteiger partial charge is 0.508 e. The molecule has 0 unspecified atom stereocenters. The molecule has 0 bridgehead atoms. The second-order valence-corrected chi connectivity index (χ2v) is 21.0. The molecule has 26 heteroatoms. The lowest BCUT2D eigenvalue weighted by Crippen LogP contribution is -2.61. The van der Waals surface area contributed by atoms with Crippen molar-refractivity contribution >= 4 is 53.2 Å². The van der Waals surface area contributed by atoms with Crippen LogP contribution in [0.3, 0.4) is 0 Å². The Balaban J connectivity index is 1.58. The fraction of sp³-hybridized carbons (Fsp3) is 0.604. The zero-order chi connectivity index (χ0) is 58.3. The summed E-state index contributed by atoms with van der Waals surface area (Å²) in [5, 5.41) is 49.0. The highest BCUT2D eigenvalue weighted by Crippen LogP contribution is 2.21. The Hall–Kier alpha value is -7.45. The predicted octanol–water partition coefficient (Wildman–Crippen LogP) is -1.08. The number of phenolic OH excluding ortho intramolecular Hbond substituents is 1. The van der Waals surface area contributed by atoms with E-state index in [0.29, 0.717) is 55.6 Å². The van der Waals surface area contributed by atoms with E-state index in [-0.39, 0.29) is 62.7 Å². The molecule has 0 spiro atoms. The van der Waals surface area contributed by atoms with Crippen LogP contribution >= 0.6 is 0 Å². The summed E-state index contributed by atoms with van der Waals surface area (Å²) in [5.41, 5.74) is 13.1. The maximum atomic E-state index is 14.5. The number of likely N-dealkylation sites (tertiary alicyclic amines) is 1. The van der Waals surface area contributed by atoms with Crippen molar-refractivity contribution in [1.82, 2.24) is 62.1 Å². The Labute approximate surface area is 459 Å². The predicted molar refractivity (Wildman–Crippen MR) is 289 cm³/mol. The average molecular weight is 1110 g/mol. The zero-order valence-corrected chi connectivity index (χ0v) is 46.0. The number of aliphatic hydroxyl groups is 1. The summed E-state index contributed by atoms with van der Waals surface area (Å²) in [4.78, 5) is 140. The molecule has 2 aromatic heterocycles. The first kappa shape index (κ1) is 64.1. The molecule has 1 saturated heterocycles. The van der Waals surface area contributed by atoms with Gasteiger partial charge in [0.25, 0.3) is 0 Å². The van der Waals surface area contributed by atoms with Crippen LogP contribution in [0, 0.1) is 17.8 Å². The Kier molecular flexibility index (Phi) is 25.8. The van der Waals surface area contributed by atoms with E-state index in [1.54, 1.807) is 27.7 Å². The third-order valence-electron chi connectivity index (χ3n) is 13.6. The van der Waals surface area contributed by atoms with Gasteiger partial charge in [0.05, 0.1) is 25.3 Å². The van der Waals surface area contributed by atoms with Gasteiger partial charge in [-0.15, -0.1) is 0 Å². The van der Waals surface area contributed by atoms with Crippen molar-refractivity contribution in [2.24, 2.45) is 29.2 Å². The molecule has 0 radical (unpaired) electrons. The normalized spacial score (nSPS) is 16.7. The second kappa shape index (κ2) is 31.8. The van der Waals surface area contributed by atoms with E-state index in [2.05, 4.69) is 57.2 Å². The highest BCUT2D eigenvalue weighted by atomic mass is 16.4. The minimum absolute atomic E-state index is 0.0366. The standard InChI is InChI=1S/C53H82N14O12/c1-7-31(6)44(53(78)79)66-51(76)43-12-10-18-67(43)52(77)41(23-34-25-57-28-59-34)64-50(75)42(26-68)65-48(73)39(21-32-13-15-35(69)16-14-32)62-47(72)38(20-30(4)5)61-49(74)40(22-33-24-56-27-58-33)63-46(71)37(19-29(2)3)60-45(70)36(55)11-8-9-17-54/h13-16,24-25,27-31,36-44,68-69H,7-12,17-23,26,54-55H2,1-6H3,(H,56,58)(H,57,59)(H,60,70)(H,61,74)(H,62,72)(H,63,71)(H,64,75)(H,65,73)(H,66,76)(H,78,79)/t31-,36-,37-,38-,39-,40-,41-,42-,43-,44-/m0/s1. The Morgan fingerprint density at radius 3 is 1.65 bits per heavy atom. The number of phenols is 1. The van der Waals surface area contributed by atoms with Crippen molar-refractivity contribution in [3.05, 3.63) is 66.3 Å². The number of aromatic amines is 2. The van der Waals surface area contributed by atoms with Crippen LogP contribution in [0.25, 0.3) is 0 Å². The van der Waals surface area contributed by atoms with Gasteiger partial charge in [-0.2, -0.15) is 0 Å². The molecule has 0 saturated carbocycles. The van der Waals surface area contributed by atoms with Crippen LogP contribution in [0.5, 0.6) is 5.75 Å². The number of aliphatic hydroxyl groups excluding tert-OH is 1. The average Bonchev–Trinajstić information content (AvgIpc) is 4.23. The number of aromatic nitrogens is 4. The zero-order valence-electron chi connectivity index (χ0n) is 46.0. The second-order valence-electron chi connectivity index (χ2n) is 21.0. The third-order valence-corrected chi connectivity index (χ3v) is 13.6. The molecule has 79 heavy (non-hydrogen) atoms. The number of carboxylic acids is 1. The van der Waals surface area contributed by atoms with Gasteiger partial charge in [-0.1, -0.05) is 66.5 Å². The van der Waals surface area contributed by atoms with Crippen LogP contribution in [-0.4, -0.2) is 167 Å². The van der Waals surface area contributed by atoms with Gasteiger partial charge in [0.15, 0.2) is 0 Å². The molecule has 3 aromatic rings. The van der Waals surface area contributed by atoms with Crippen LogP contribution < -0.4 is 48.7 Å². The molecule has 8 amide bonds. The van der Waals surface area contributed by atoms with Crippen LogP contribution in [0.2, 0.25) is 0 Å². The monoisotopic (exact) mass is 1110 g/mol. The molecule has 1 aliphatic rings. The molecular weight excluding hydrogens is 1020 g/mol. The number of H-pyrrole nitrogens is 2. The molecule has 10 atom stereocenters. The lowest BCUT2D eigenvalue weighted by atomic mass is 9.98. The summed E-state index contributed by atoms with van der Waals surface area (Å²) >= 11 is 0. The molecule has 16 N–H and O–H groups in total. The maximum absolute atomic E-state index is 14.5. The van der Waals surface area contributed by atoms with Crippen molar-refractivity contribution in [3.8, 4) is 5.75 Å². The Morgan fingerprint density at radius 2 is 1.15 bits per heavy atom. The van der Waals surface area contributed by atoms with E-state index in [9.17, 15) is 58.5 Å². The Bertz CT molecular complexity index is 2460. The first-order valence-corrected chi connectivity index (χ1v) is 27.0. The topological polar surface area (TPSA) is 411 Å². The number of aromatic hydroxyl groups is 1. The van der Waals surface area contributed by atoms with Crippen LogP contribution in [-0.2, 0) is 62.4 Å². The summed E-state index contributed by atoms with van der Waals surface area (Å²) in [6.07, 6.45) is 8.05. The molecule has 436 valence electrons. The SMILES string of the molecule is CC[C@H](C)[C@H](NC(=O)[C@@H]1CCCN1C(=O)[C@H](Cc1cnc[nH]1)NC(=O)[C@H](CO)NC(=O)[C@H](Cc1ccc(O)cc1)NC(=O)[C@H](CC(C)C)NC(=O)[C@H](Cc1cnc[nH]1)NC(=O)[C@H](CC(C)C)NC(=O)[C@@H](N)CCCCN)C(=O)O. The molecule has 1 aliphatic heterocycles. The minimum atomic E-state index is -1.72. The number of rotatable bonds is 33. The van der Waals surface area contributed by atoms with Gasteiger partial charge < -0.3 is 78.9 Å². The first-order valence-electron chi connectivity index (χ1n) is 27.0. The summed E-state index contributed by atoms with van der Waals surface area (Å²) in [6.45, 7) is 10.3. The molecule has 4 rings (SSSR count). The van der Waals surface area contributed by atoms with Gasteiger partial charge in [-0.05, 0) is 80.5 Å². The molecule has 1 aromatic carbocycles. The number of imidazole rings is 2. The molecule has 26 nitrogen and oxygen atoms in total. The highest BCUT2D eigenvalue weighted by Gasteiger charge is 2.41. The third kappa shape index (κ3) is 20.4. The molecular formula is C53H82N14O12. The smallest absolute Gasteiger partial charge is 0.326 e. The number of hydrogen-bond acceptors (Lipinski definition) is 15. The van der Waals surface area contributed by atoms with E-state index >= 15 is 0 Å². The van der Waals surface area contributed by atoms with Crippen LogP contribution in [0.15, 0.2) is 49.3 Å². The Morgan fingerprint density at radius 1 is 0.671 bits per heavy atom. The van der Waals surface area contributed by atoms with Gasteiger partial charge >= 0.3 is 5.97 Å². The number of unbranched alkanes of at least 4 members (excludes halogenated alkanes) is 1. The number of hydrogen-bond donors (Lipinski definition) is 14. The van der Waals surface area contributed by atoms with E-state index in [1.165, 1.54) is 54.2 Å². The van der Waals surface area contributed by atoms with Gasteiger partial charge in [0.2, 0.25) is 47.3 Å². The fourth-order valence-electron chi connectivity index (χ4n) is 9.03. The number of nitrogens with two attached hydrogens (primary N) is 2. The van der Waals surface area contributed by atoms with Gasteiger partial charge in [0.1, 0.15) is 54.1 Å². The van der Waals surface area contributed by atoms with E-state index in [0.717, 1.165) is 0 Å². The quantitative estimate of drug-likeness (QED) is 0.0323. The number of carboxylic acid groups (broad SMARTS) is 1. The number of aliphatic carboxylic acids is 1. The minimum Gasteiger partial charge on any atom is -0.508 e. The van der Waals surface area contributed by atoms with Crippen molar-refractivity contribution in [3.63, 3.8) is 0 Å². The maximum Gasteiger partial charge on any atom is 0.326 e. The van der Waals surface area contributed by atoms with E-state index < -0.39 is 120 Å². The number of benzene rings is 1. The van der Waals surface area contributed by atoms with Gasteiger partial charge in [-0.3, -0.25) is 38.4 Å². The lowest BCUT2D eigenvalue weighted by molar-refractivity contribution is -0.146. The lowest BCUT2D eigenvalue weighted by Gasteiger charge is -2.31. The van der Waals surface area contributed by atoms with E-state index in [1.807, 2.05) is 13.8 Å². The summed E-state index contributed by atoms with van der Waals surface area (Å²) < 4.78 is 0. The number of carbonyl (C=O) groups excluding carboxylic acids is 8. The number of nitrogens with one attached hydrogen (secondary N) is 9. The first-order chi connectivity index (χ1) is 37.5. The van der Waals surface area contributed by atoms with Crippen molar-refractivity contribution < 1.29 is 58.5 Å². The van der Waals surface area contributed by atoms with Crippen molar-refractivity contribution in [2.75, 3.05) is 19.7 Å². The van der Waals surface area contributed by atoms with E-state index in [4.69, 9.17) is 11.5 Å². The highest BCUT2D eigenvalue weighted by molar-refractivity contribution is 5.98. The van der Waals surface area contributed by atoms with Gasteiger partial charge in [-0.25, -0.2) is 14.8 Å². The molecule has 0 aliphatic carbocycles. The van der Waals surface area contributed by atoms with Crippen molar-refractivity contribution in [1.29, 1.82) is 0 Å². The van der Waals surface area contributed by atoms with Crippen molar-refractivity contribution in [2.45, 2.75) is 167 Å². The number of nitrogens with zero attached hydrogens (tertiary/aromatic N) is 3. The van der Waals surface area contributed by atoms with Gasteiger partial charge in [0, 0.05) is 49.6 Å².